The maximum Gasteiger partial charge on any atom is 0.417 e. The molecule has 0 aliphatic heterocycles. The number of nitrogens with zero attached hydrogens (tertiary/aromatic N) is 3. The molecule has 6 heteroatoms. The maximum absolute atomic E-state index is 15.1. The molecule has 0 saturated carbocycles. The molecule has 2 heterocycles. The third kappa shape index (κ3) is 5.49. The molecule has 8 rings (SSSR count). The molecule has 0 saturated heterocycles. The molecule has 264 valence electrons. The fourth-order valence-electron chi connectivity index (χ4n) is 7.90. The van der Waals surface area contributed by atoms with Gasteiger partial charge in [-0.05, 0) is 94.6 Å². The summed E-state index contributed by atoms with van der Waals surface area (Å²) in [7, 11) is 0. The summed E-state index contributed by atoms with van der Waals surface area (Å²) in [6.45, 7) is 14.7. The lowest BCUT2D eigenvalue weighted by Crippen LogP contribution is -2.11. The van der Waals surface area contributed by atoms with Gasteiger partial charge in [0, 0.05) is 27.1 Å². The highest BCUT2D eigenvalue weighted by atomic mass is 19.4. The minimum Gasteiger partial charge on any atom is -0.309 e. The largest absolute Gasteiger partial charge is 0.417 e. The van der Waals surface area contributed by atoms with Gasteiger partial charge in [-0.25, -0.2) is 0 Å². The summed E-state index contributed by atoms with van der Waals surface area (Å²) in [5, 5.41) is 14.9. The van der Waals surface area contributed by atoms with Crippen LogP contribution in [0.25, 0.3) is 66.1 Å². The molecule has 0 unspecified atom stereocenters. The van der Waals surface area contributed by atoms with Crippen LogP contribution in [0, 0.1) is 18.3 Å². The number of nitriles is 1. The molecule has 3 nitrogen and oxygen atoms in total. The fraction of sp³-hybridized carbons (Fsp3) is 0.213. The Bertz CT molecular complexity index is 2810. The van der Waals surface area contributed by atoms with Crippen LogP contribution in [0.1, 0.15) is 69.4 Å². The molecule has 0 spiro atoms. The number of benzene rings is 6. The van der Waals surface area contributed by atoms with Gasteiger partial charge in [-0.1, -0.05) is 102 Å². The molecule has 0 radical (unpaired) electrons. The smallest absolute Gasteiger partial charge is 0.309 e. The van der Waals surface area contributed by atoms with Crippen molar-refractivity contribution in [2.24, 2.45) is 0 Å². The molecule has 0 bridgehead atoms. The maximum atomic E-state index is 15.1. The summed E-state index contributed by atoms with van der Waals surface area (Å²) in [4.78, 5) is 0. The lowest BCUT2D eigenvalue weighted by Gasteiger charge is -2.23. The van der Waals surface area contributed by atoms with E-state index in [2.05, 4.69) is 96.1 Å². The average molecular weight is 704 g/mol. The van der Waals surface area contributed by atoms with Crippen molar-refractivity contribution in [1.82, 2.24) is 9.13 Å². The van der Waals surface area contributed by atoms with Crippen LogP contribution >= 0.6 is 0 Å². The molecule has 6 aromatic carbocycles. The highest BCUT2D eigenvalue weighted by Crippen LogP contribution is 2.46. The van der Waals surface area contributed by atoms with Gasteiger partial charge in [-0.2, -0.15) is 18.4 Å². The number of alkyl halides is 3. The van der Waals surface area contributed by atoms with Gasteiger partial charge in [-0.15, -0.1) is 0 Å². The number of hydrogen-bond acceptors (Lipinski definition) is 1. The van der Waals surface area contributed by atoms with Crippen LogP contribution in [0.15, 0.2) is 115 Å². The Hall–Kier alpha value is -5.80. The predicted molar refractivity (Wildman–Crippen MR) is 212 cm³/mol. The molecule has 0 aliphatic rings. The highest BCUT2D eigenvalue weighted by molar-refractivity contribution is 6.11. The standard InChI is InChI=1S/C47H40F3N3/c1-28-13-12-16-37(47(48,49)50)44(28)36-26-42(52-38-17-10-8-14-32(38)34-24-30(45(2,3)4)19-21-40(34)52)29(27-51)23-43(36)53-39-18-11-9-15-33(39)35-25-31(46(5,6)7)20-22-41(35)53/h8-26H,1-7H3. The van der Waals surface area contributed by atoms with E-state index in [0.29, 0.717) is 28.1 Å². The van der Waals surface area contributed by atoms with Gasteiger partial charge >= 0.3 is 6.18 Å². The van der Waals surface area contributed by atoms with Crippen molar-refractivity contribution in [2.75, 3.05) is 0 Å². The summed E-state index contributed by atoms with van der Waals surface area (Å²) in [5.41, 5.74) is 7.19. The van der Waals surface area contributed by atoms with E-state index in [1.165, 1.54) is 11.6 Å². The Morgan fingerprint density at radius 2 is 1.02 bits per heavy atom. The van der Waals surface area contributed by atoms with Crippen molar-refractivity contribution >= 4 is 43.6 Å². The van der Waals surface area contributed by atoms with E-state index in [1.54, 1.807) is 25.1 Å². The van der Waals surface area contributed by atoms with Gasteiger partial charge in [0.1, 0.15) is 6.07 Å². The third-order valence-electron chi connectivity index (χ3n) is 10.6. The zero-order chi connectivity index (χ0) is 37.6. The first-order chi connectivity index (χ1) is 25.1. The second-order valence-corrected chi connectivity index (χ2v) is 16.2. The summed E-state index contributed by atoms with van der Waals surface area (Å²) in [6.07, 6.45) is -4.62. The Kier molecular flexibility index (Phi) is 7.68. The zero-order valence-corrected chi connectivity index (χ0v) is 30.9. The van der Waals surface area contributed by atoms with E-state index in [-0.39, 0.29) is 16.4 Å². The van der Waals surface area contributed by atoms with Crippen LogP contribution in [0.5, 0.6) is 0 Å². The van der Waals surface area contributed by atoms with Crippen molar-refractivity contribution in [3.05, 3.63) is 143 Å². The van der Waals surface area contributed by atoms with Crippen LogP contribution in [0.4, 0.5) is 13.2 Å². The van der Waals surface area contributed by atoms with Crippen molar-refractivity contribution in [3.63, 3.8) is 0 Å². The summed E-state index contributed by atoms with van der Waals surface area (Å²) >= 11 is 0. The molecule has 0 aliphatic carbocycles. The van der Waals surface area contributed by atoms with Gasteiger partial charge < -0.3 is 9.13 Å². The van der Waals surface area contributed by atoms with E-state index >= 15 is 13.2 Å². The molecule has 0 fully saturated rings. The first kappa shape index (κ1) is 34.3. The lowest BCUT2D eigenvalue weighted by molar-refractivity contribution is -0.137. The number of hydrogen-bond donors (Lipinski definition) is 0. The SMILES string of the molecule is Cc1cccc(C(F)(F)F)c1-c1cc(-n2c3ccccc3c3cc(C(C)(C)C)ccc32)c(C#N)cc1-n1c2ccccc2c2cc(C(C)(C)C)ccc21. The third-order valence-corrected chi connectivity index (χ3v) is 10.6. The number of rotatable bonds is 3. The Morgan fingerprint density at radius 1 is 0.528 bits per heavy atom. The highest BCUT2D eigenvalue weighted by Gasteiger charge is 2.36. The molecule has 8 aromatic rings. The number of halogens is 3. The van der Waals surface area contributed by atoms with Gasteiger partial charge in [0.05, 0.1) is 44.6 Å². The minimum atomic E-state index is -4.62. The zero-order valence-electron chi connectivity index (χ0n) is 30.9. The topological polar surface area (TPSA) is 33.6 Å². The molecule has 53 heavy (non-hydrogen) atoms. The van der Waals surface area contributed by atoms with E-state index < -0.39 is 11.7 Å². The van der Waals surface area contributed by atoms with Gasteiger partial charge in [0.25, 0.3) is 0 Å². The molecule has 0 amide bonds. The van der Waals surface area contributed by atoms with Crippen LogP contribution in [0.2, 0.25) is 0 Å². The first-order valence-corrected chi connectivity index (χ1v) is 17.9. The van der Waals surface area contributed by atoms with Crippen LogP contribution in [0.3, 0.4) is 0 Å². The molecular formula is C47H40F3N3. The lowest BCUT2D eigenvalue weighted by atomic mass is 9.86. The average Bonchev–Trinajstić information content (AvgIpc) is 3.62. The predicted octanol–water partition coefficient (Wildman–Crippen LogP) is 13.3. The Morgan fingerprint density at radius 3 is 1.51 bits per heavy atom. The second-order valence-electron chi connectivity index (χ2n) is 16.2. The Labute approximate surface area is 307 Å². The minimum absolute atomic E-state index is 0.0915. The van der Waals surface area contributed by atoms with Crippen molar-refractivity contribution in [2.45, 2.75) is 65.5 Å². The number of aromatic nitrogens is 2. The van der Waals surface area contributed by atoms with Crippen molar-refractivity contribution in [1.29, 1.82) is 5.26 Å². The summed E-state index contributed by atoms with van der Waals surface area (Å²) in [5.74, 6) is 0. The molecule has 0 N–H and O–H groups in total. The van der Waals surface area contributed by atoms with Gasteiger partial charge in [-0.3, -0.25) is 0 Å². The molecule has 0 atom stereocenters. The molecule has 2 aromatic heterocycles. The van der Waals surface area contributed by atoms with Crippen LogP contribution in [-0.2, 0) is 17.0 Å². The monoisotopic (exact) mass is 703 g/mol. The van der Waals surface area contributed by atoms with Gasteiger partial charge in [0.2, 0.25) is 0 Å². The van der Waals surface area contributed by atoms with Gasteiger partial charge in [0.15, 0.2) is 0 Å². The van der Waals surface area contributed by atoms with E-state index in [9.17, 15) is 5.26 Å². The van der Waals surface area contributed by atoms with Crippen molar-refractivity contribution in [3.8, 4) is 28.6 Å². The fourth-order valence-corrected chi connectivity index (χ4v) is 7.90. The molecular weight excluding hydrogens is 664 g/mol. The summed E-state index contributed by atoms with van der Waals surface area (Å²) in [6, 6.07) is 39.1. The van der Waals surface area contributed by atoms with E-state index in [1.807, 2.05) is 45.5 Å². The van der Waals surface area contributed by atoms with Crippen LogP contribution < -0.4 is 0 Å². The first-order valence-electron chi connectivity index (χ1n) is 17.9. The number of fused-ring (bicyclic) bond motifs is 6. The van der Waals surface area contributed by atoms with E-state index in [0.717, 1.165) is 55.2 Å². The second kappa shape index (κ2) is 11.9. The quantitative estimate of drug-likeness (QED) is 0.180. The Balaban J connectivity index is 1.55. The normalized spacial score (nSPS) is 12.7. The number of aryl methyl sites for hydroxylation is 1. The van der Waals surface area contributed by atoms with Crippen molar-refractivity contribution < 1.29 is 13.2 Å². The summed E-state index contributed by atoms with van der Waals surface area (Å²) < 4.78 is 49.2. The number of para-hydroxylation sites is 2. The van der Waals surface area contributed by atoms with E-state index in [4.69, 9.17) is 0 Å². The van der Waals surface area contributed by atoms with Crippen LogP contribution in [-0.4, -0.2) is 9.13 Å².